The first-order chi connectivity index (χ1) is 19.4. The number of carbonyl (C=O) groups excluding carboxylic acids is 1. The number of halogens is 1. The van der Waals surface area contributed by atoms with Crippen LogP contribution >= 0.6 is 22.9 Å². The zero-order chi connectivity index (χ0) is 29.5. The van der Waals surface area contributed by atoms with Gasteiger partial charge in [0.05, 0.1) is 10.5 Å². The highest BCUT2D eigenvalue weighted by molar-refractivity contribution is 7.16. The second kappa shape index (κ2) is 11.3. The first kappa shape index (κ1) is 28.8. The Hall–Kier alpha value is -3.75. The maximum absolute atomic E-state index is 13.7. The van der Waals surface area contributed by atoms with Crippen molar-refractivity contribution in [2.24, 2.45) is 16.3 Å². The van der Waals surface area contributed by atoms with Gasteiger partial charge in [-0.1, -0.05) is 32.4 Å². The van der Waals surface area contributed by atoms with Crippen molar-refractivity contribution < 1.29 is 9.72 Å². The maximum atomic E-state index is 13.7. The summed E-state index contributed by atoms with van der Waals surface area (Å²) >= 11 is 7.65. The fraction of sp³-hybridized carbons (Fsp3) is 0.312. The van der Waals surface area contributed by atoms with Gasteiger partial charge in [0.15, 0.2) is 0 Å². The predicted molar refractivity (Wildman–Crippen MR) is 168 cm³/mol. The van der Waals surface area contributed by atoms with E-state index in [4.69, 9.17) is 16.6 Å². The van der Waals surface area contributed by atoms with Gasteiger partial charge in [-0.05, 0) is 92.5 Å². The normalized spacial score (nSPS) is 15.2. The zero-order valence-corrected chi connectivity index (χ0v) is 25.4. The highest BCUT2D eigenvalue weighted by Gasteiger charge is 2.33. The third-order valence-corrected chi connectivity index (χ3v) is 9.32. The molecule has 0 aliphatic heterocycles. The lowest BCUT2D eigenvalue weighted by molar-refractivity contribution is -0.384. The van der Waals surface area contributed by atoms with E-state index in [2.05, 4.69) is 26.1 Å². The van der Waals surface area contributed by atoms with Crippen LogP contribution in [-0.4, -0.2) is 21.6 Å². The largest absolute Gasteiger partial charge is 0.322 e. The molecule has 0 saturated carbocycles. The molecule has 41 heavy (non-hydrogen) atoms. The highest BCUT2D eigenvalue weighted by Crippen LogP contribution is 2.45. The third kappa shape index (κ3) is 5.99. The molecular weight excluding hydrogens is 556 g/mol. The molecule has 2 aromatic carbocycles. The minimum absolute atomic E-state index is 0.0535. The Morgan fingerprint density at radius 3 is 2.46 bits per heavy atom. The van der Waals surface area contributed by atoms with E-state index in [0.29, 0.717) is 27.2 Å². The van der Waals surface area contributed by atoms with Crippen molar-refractivity contribution >= 4 is 51.4 Å². The average Bonchev–Trinajstić information content (AvgIpc) is 3.43. The third-order valence-electron chi connectivity index (χ3n) is 7.91. The second-order valence-corrected chi connectivity index (χ2v) is 13.2. The van der Waals surface area contributed by atoms with Crippen LogP contribution < -0.4 is 5.32 Å². The molecule has 2 heterocycles. The number of anilines is 1. The Balaban J connectivity index is 1.50. The molecule has 1 aliphatic rings. The topological polar surface area (TPSA) is 89.5 Å². The summed E-state index contributed by atoms with van der Waals surface area (Å²) < 4.78 is 2.05. The van der Waals surface area contributed by atoms with Crippen LogP contribution in [0.3, 0.4) is 0 Å². The standard InChI is InChI=1S/C32H33ClN4O3S/c1-19-16-21(20(2)36(19)25-11-13-26(14-12-25)37(39)40)18-34-31-29(30(38)35-24-9-7-23(33)8-10-24)27-15-6-22(32(3,4)5)17-28(27)41-31/h7-14,16,18,22H,6,15,17H2,1-5H3,(H,35,38)/t22-/m0/s1. The van der Waals surface area contributed by atoms with Crippen LogP contribution in [0.1, 0.15) is 64.9 Å². The molecule has 4 aromatic rings. The number of carbonyl (C=O) groups is 1. The van der Waals surface area contributed by atoms with E-state index in [1.54, 1.807) is 47.7 Å². The summed E-state index contributed by atoms with van der Waals surface area (Å²) in [7, 11) is 0. The first-order valence-corrected chi connectivity index (χ1v) is 14.8. The van der Waals surface area contributed by atoms with Crippen LogP contribution in [0.15, 0.2) is 59.6 Å². The van der Waals surface area contributed by atoms with E-state index in [1.807, 2.05) is 30.7 Å². The Labute approximate surface area is 249 Å². The molecule has 1 aliphatic carbocycles. The van der Waals surface area contributed by atoms with E-state index in [9.17, 15) is 14.9 Å². The van der Waals surface area contributed by atoms with Gasteiger partial charge in [-0.25, -0.2) is 4.99 Å². The van der Waals surface area contributed by atoms with Crippen molar-refractivity contribution in [2.45, 2.75) is 53.9 Å². The van der Waals surface area contributed by atoms with Crippen LogP contribution in [-0.2, 0) is 12.8 Å². The quantitative estimate of drug-likeness (QED) is 0.138. The van der Waals surface area contributed by atoms with Crippen molar-refractivity contribution in [1.82, 2.24) is 4.57 Å². The average molecular weight is 589 g/mol. The molecule has 9 heteroatoms. The number of thiophene rings is 1. The number of nitro groups is 1. The van der Waals surface area contributed by atoms with Crippen LogP contribution in [0.4, 0.5) is 16.4 Å². The zero-order valence-electron chi connectivity index (χ0n) is 23.8. The smallest absolute Gasteiger partial charge is 0.269 e. The molecule has 0 bridgehead atoms. The van der Waals surface area contributed by atoms with Gasteiger partial charge >= 0.3 is 0 Å². The lowest BCUT2D eigenvalue weighted by atomic mass is 9.72. The minimum Gasteiger partial charge on any atom is -0.322 e. The van der Waals surface area contributed by atoms with E-state index in [-0.39, 0.29) is 17.0 Å². The lowest BCUT2D eigenvalue weighted by Crippen LogP contribution is -2.27. The summed E-state index contributed by atoms with van der Waals surface area (Å²) in [6.07, 6.45) is 4.64. The lowest BCUT2D eigenvalue weighted by Gasteiger charge is -2.33. The molecule has 1 amide bonds. The number of non-ortho nitro benzene ring substituents is 1. The van der Waals surface area contributed by atoms with Crippen LogP contribution in [0.2, 0.25) is 5.02 Å². The number of benzene rings is 2. The van der Waals surface area contributed by atoms with Gasteiger partial charge in [0.1, 0.15) is 5.00 Å². The molecule has 7 nitrogen and oxygen atoms in total. The Morgan fingerprint density at radius 1 is 1.15 bits per heavy atom. The predicted octanol–water partition coefficient (Wildman–Crippen LogP) is 8.87. The number of hydrogen-bond donors (Lipinski definition) is 1. The minimum atomic E-state index is -0.401. The number of nitrogens with zero attached hydrogens (tertiary/aromatic N) is 3. The second-order valence-electron chi connectivity index (χ2n) is 11.6. The number of aromatic nitrogens is 1. The van der Waals surface area contributed by atoms with Crippen molar-refractivity contribution in [1.29, 1.82) is 0 Å². The number of amides is 1. The molecule has 212 valence electrons. The highest BCUT2D eigenvalue weighted by atomic mass is 35.5. The van der Waals surface area contributed by atoms with Crippen molar-refractivity contribution in [2.75, 3.05) is 5.32 Å². The van der Waals surface area contributed by atoms with Gasteiger partial charge < -0.3 is 9.88 Å². The summed E-state index contributed by atoms with van der Waals surface area (Å²) in [4.78, 5) is 30.5. The molecule has 0 unspecified atom stereocenters. The van der Waals surface area contributed by atoms with Crippen molar-refractivity contribution in [3.05, 3.63) is 103 Å². The van der Waals surface area contributed by atoms with Gasteiger partial charge in [0.25, 0.3) is 11.6 Å². The van der Waals surface area contributed by atoms with Gasteiger partial charge in [0, 0.05) is 56.6 Å². The SMILES string of the molecule is Cc1cc(C=Nc2sc3c(c2C(=O)Nc2ccc(Cl)cc2)CC[C@H](C(C)(C)C)C3)c(C)n1-c1ccc([N+](=O)[O-])cc1. The Bertz CT molecular complexity index is 1640. The summed E-state index contributed by atoms with van der Waals surface area (Å²) in [6, 6.07) is 15.7. The van der Waals surface area contributed by atoms with Gasteiger partial charge in [-0.15, -0.1) is 11.3 Å². The van der Waals surface area contributed by atoms with Crippen molar-refractivity contribution in [3.63, 3.8) is 0 Å². The Kier molecular flexibility index (Phi) is 7.90. The fourth-order valence-electron chi connectivity index (χ4n) is 5.53. The van der Waals surface area contributed by atoms with E-state index >= 15 is 0 Å². The number of rotatable bonds is 6. The molecule has 1 atom stereocenters. The number of fused-ring (bicyclic) bond motifs is 1. The number of aliphatic imine (C=N–C) groups is 1. The monoisotopic (exact) mass is 588 g/mol. The van der Waals surface area contributed by atoms with Gasteiger partial charge in [-0.3, -0.25) is 14.9 Å². The molecule has 0 radical (unpaired) electrons. The summed E-state index contributed by atoms with van der Waals surface area (Å²) in [6.45, 7) is 10.8. The summed E-state index contributed by atoms with van der Waals surface area (Å²) in [5.41, 5.74) is 6.38. The maximum Gasteiger partial charge on any atom is 0.269 e. The molecule has 2 aromatic heterocycles. The number of hydrogen-bond acceptors (Lipinski definition) is 5. The molecule has 0 saturated heterocycles. The van der Waals surface area contributed by atoms with E-state index < -0.39 is 4.92 Å². The number of aryl methyl sites for hydroxylation is 1. The van der Waals surface area contributed by atoms with Crippen LogP contribution in [0, 0.1) is 35.3 Å². The van der Waals surface area contributed by atoms with E-state index in [1.165, 1.54) is 17.0 Å². The molecule has 5 rings (SSSR count). The summed E-state index contributed by atoms with van der Waals surface area (Å²) in [5.74, 6) is 0.376. The molecule has 1 N–H and O–H groups in total. The Morgan fingerprint density at radius 2 is 1.83 bits per heavy atom. The van der Waals surface area contributed by atoms with E-state index in [0.717, 1.165) is 47.5 Å². The van der Waals surface area contributed by atoms with Gasteiger partial charge in [0.2, 0.25) is 0 Å². The number of nitrogens with one attached hydrogen (secondary N) is 1. The number of nitro benzene ring substituents is 1. The molecule has 0 fully saturated rings. The van der Waals surface area contributed by atoms with Crippen LogP contribution in [0.5, 0.6) is 0 Å². The van der Waals surface area contributed by atoms with Gasteiger partial charge in [-0.2, -0.15) is 0 Å². The molecule has 0 spiro atoms. The van der Waals surface area contributed by atoms with Crippen molar-refractivity contribution in [3.8, 4) is 5.69 Å². The summed E-state index contributed by atoms with van der Waals surface area (Å²) in [5, 5.41) is 15.4. The molecular formula is C32H33ClN4O3S. The van der Waals surface area contributed by atoms with Crippen LogP contribution in [0.25, 0.3) is 5.69 Å². The fourth-order valence-corrected chi connectivity index (χ4v) is 6.92. The first-order valence-electron chi connectivity index (χ1n) is 13.6.